The molecule has 7 heteroatoms. The molecule has 4 amide bonds. The van der Waals surface area contributed by atoms with Crippen LogP contribution in [-0.4, -0.2) is 30.7 Å². The summed E-state index contributed by atoms with van der Waals surface area (Å²) in [5, 5.41) is 2.23. The van der Waals surface area contributed by atoms with Crippen LogP contribution in [0, 0.1) is 5.92 Å². The van der Waals surface area contributed by atoms with Crippen molar-refractivity contribution in [2.45, 2.75) is 13.5 Å². The maximum atomic E-state index is 12.9. The van der Waals surface area contributed by atoms with Crippen LogP contribution in [0.1, 0.15) is 12.5 Å². The van der Waals surface area contributed by atoms with Gasteiger partial charge < -0.3 is 4.74 Å². The van der Waals surface area contributed by atoms with E-state index in [1.54, 1.807) is 31.2 Å². The fourth-order valence-corrected chi connectivity index (χ4v) is 2.81. The number of methoxy groups -OCH3 is 1. The highest BCUT2D eigenvalue weighted by Crippen LogP contribution is 2.24. The van der Waals surface area contributed by atoms with Gasteiger partial charge in [-0.3, -0.25) is 19.9 Å². The van der Waals surface area contributed by atoms with Gasteiger partial charge >= 0.3 is 6.03 Å². The van der Waals surface area contributed by atoms with Crippen molar-refractivity contribution in [3.05, 3.63) is 60.2 Å². The second-order valence-electron chi connectivity index (χ2n) is 6.04. The van der Waals surface area contributed by atoms with E-state index < -0.39 is 23.8 Å². The Morgan fingerprint density at radius 1 is 1.07 bits per heavy atom. The third kappa shape index (κ3) is 3.87. The van der Waals surface area contributed by atoms with Crippen LogP contribution in [0.15, 0.2) is 59.6 Å². The Hall–Kier alpha value is -3.48. The first-order chi connectivity index (χ1) is 13.0. The molecule has 3 rings (SSSR count). The average Bonchev–Trinajstić information content (AvgIpc) is 2.67. The van der Waals surface area contributed by atoms with Crippen LogP contribution < -0.4 is 15.0 Å². The summed E-state index contributed by atoms with van der Waals surface area (Å²) in [6.45, 7) is 1.97. The quantitative estimate of drug-likeness (QED) is 0.651. The van der Waals surface area contributed by atoms with Crippen molar-refractivity contribution in [2.24, 2.45) is 10.9 Å². The lowest BCUT2D eigenvalue weighted by atomic mass is 9.99. The number of rotatable bonds is 5. The minimum absolute atomic E-state index is 0.347. The fourth-order valence-electron chi connectivity index (χ4n) is 2.81. The van der Waals surface area contributed by atoms with E-state index in [9.17, 15) is 14.4 Å². The number of benzene rings is 2. The van der Waals surface area contributed by atoms with Crippen LogP contribution >= 0.6 is 0 Å². The lowest BCUT2D eigenvalue weighted by Gasteiger charge is -2.30. The molecule has 27 heavy (non-hydrogen) atoms. The Morgan fingerprint density at radius 2 is 1.74 bits per heavy atom. The number of barbiturate groups is 1. The maximum absolute atomic E-state index is 12.9. The van der Waals surface area contributed by atoms with Gasteiger partial charge in [-0.1, -0.05) is 30.3 Å². The maximum Gasteiger partial charge on any atom is 0.335 e. The van der Waals surface area contributed by atoms with Gasteiger partial charge in [-0.25, -0.2) is 9.69 Å². The molecule has 1 aliphatic heterocycles. The van der Waals surface area contributed by atoms with E-state index in [1.165, 1.54) is 7.11 Å². The van der Waals surface area contributed by atoms with E-state index in [2.05, 4.69) is 10.3 Å². The lowest BCUT2D eigenvalue weighted by molar-refractivity contribution is -0.131. The van der Waals surface area contributed by atoms with Gasteiger partial charge in [0.2, 0.25) is 5.91 Å². The normalized spacial score (nSPS) is 17.7. The Labute approximate surface area is 156 Å². The topological polar surface area (TPSA) is 88.1 Å². The first-order valence-corrected chi connectivity index (χ1v) is 8.39. The molecule has 7 nitrogen and oxygen atoms in total. The van der Waals surface area contributed by atoms with Crippen molar-refractivity contribution >= 4 is 29.2 Å². The van der Waals surface area contributed by atoms with Crippen molar-refractivity contribution in [1.29, 1.82) is 0 Å². The highest BCUT2D eigenvalue weighted by molar-refractivity contribution is 6.35. The number of amides is 4. The van der Waals surface area contributed by atoms with E-state index in [1.807, 2.05) is 30.3 Å². The van der Waals surface area contributed by atoms with Gasteiger partial charge in [0.15, 0.2) is 5.92 Å². The molecule has 2 aromatic carbocycles. The number of imide groups is 2. The molecule has 1 atom stereocenters. The molecule has 0 aliphatic carbocycles. The number of anilines is 1. The zero-order valence-electron chi connectivity index (χ0n) is 15.0. The molecule has 0 radical (unpaired) electrons. The summed E-state index contributed by atoms with van der Waals surface area (Å²) in [7, 11) is 1.52. The SMILES string of the molecule is COc1ccc(N2C(=O)NC(=O)C(C(C)=NCc3ccccc3)C2=O)cc1. The second-order valence-corrected chi connectivity index (χ2v) is 6.04. The molecule has 1 fully saturated rings. The zero-order valence-corrected chi connectivity index (χ0v) is 15.0. The summed E-state index contributed by atoms with van der Waals surface area (Å²) in [4.78, 5) is 42.7. The lowest BCUT2D eigenvalue weighted by Crippen LogP contribution is -2.60. The molecule has 0 saturated carbocycles. The third-order valence-electron chi connectivity index (χ3n) is 4.27. The Balaban J connectivity index is 1.85. The number of nitrogens with zero attached hydrogens (tertiary/aromatic N) is 2. The average molecular weight is 365 g/mol. The van der Waals surface area contributed by atoms with Crippen LogP contribution in [0.2, 0.25) is 0 Å². The number of hydrogen-bond acceptors (Lipinski definition) is 5. The Kier molecular flexibility index (Phi) is 5.30. The summed E-state index contributed by atoms with van der Waals surface area (Å²) in [5.74, 6) is -1.84. The monoisotopic (exact) mass is 365 g/mol. The smallest absolute Gasteiger partial charge is 0.335 e. The van der Waals surface area contributed by atoms with Gasteiger partial charge in [-0.05, 0) is 36.8 Å². The van der Waals surface area contributed by atoms with Gasteiger partial charge in [0.1, 0.15) is 5.75 Å². The van der Waals surface area contributed by atoms with Gasteiger partial charge in [-0.15, -0.1) is 0 Å². The summed E-state index contributed by atoms with van der Waals surface area (Å²) < 4.78 is 5.08. The Bertz CT molecular complexity index is 891. The highest BCUT2D eigenvalue weighted by Gasteiger charge is 2.42. The molecule has 0 aromatic heterocycles. The standard InChI is InChI=1S/C20H19N3O4/c1-13(21-12-14-6-4-3-5-7-14)17-18(24)22-20(26)23(19(17)25)15-8-10-16(27-2)11-9-15/h3-11,17H,12H2,1-2H3,(H,22,24,26). The molecular weight excluding hydrogens is 346 g/mol. The number of nitrogens with one attached hydrogen (secondary N) is 1. The zero-order chi connectivity index (χ0) is 19.4. The minimum Gasteiger partial charge on any atom is -0.497 e. The van der Waals surface area contributed by atoms with Crippen LogP contribution in [0.25, 0.3) is 0 Å². The van der Waals surface area contributed by atoms with Crippen LogP contribution in [0.5, 0.6) is 5.75 Å². The molecule has 1 unspecified atom stereocenters. The molecule has 1 saturated heterocycles. The molecule has 2 aromatic rings. The third-order valence-corrected chi connectivity index (χ3v) is 4.27. The minimum atomic E-state index is -1.14. The molecular formula is C20H19N3O4. The molecule has 1 heterocycles. The summed E-state index contributed by atoms with van der Waals surface area (Å²) in [6, 6.07) is 15.2. The summed E-state index contributed by atoms with van der Waals surface area (Å²) >= 11 is 0. The largest absolute Gasteiger partial charge is 0.497 e. The van der Waals surface area contributed by atoms with E-state index in [4.69, 9.17) is 4.74 Å². The number of urea groups is 1. The van der Waals surface area contributed by atoms with Gasteiger partial charge in [0, 0.05) is 5.71 Å². The van der Waals surface area contributed by atoms with Gasteiger partial charge in [0.25, 0.3) is 5.91 Å². The van der Waals surface area contributed by atoms with Gasteiger partial charge in [-0.2, -0.15) is 0 Å². The molecule has 0 spiro atoms. The van der Waals surface area contributed by atoms with Crippen LogP contribution in [-0.2, 0) is 16.1 Å². The van der Waals surface area contributed by atoms with Gasteiger partial charge in [0.05, 0.1) is 19.3 Å². The highest BCUT2D eigenvalue weighted by atomic mass is 16.5. The number of aliphatic imine (C=N–C) groups is 1. The predicted octanol–water partition coefficient (Wildman–Crippen LogP) is 2.56. The fraction of sp³-hybridized carbons (Fsp3) is 0.200. The van der Waals surface area contributed by atoms with E-state index in [-0.39, 0.29) is 0 Å². The first kappa shape index (κ1) is 18.3. The van der Waals surface area contributed by atoms with E-state index in [0.717, 1.165) is 10.5 Å². The second kappa shape index (κ2) is 7.82. The first-order valence-electron chi connectivity index (χ1n) is 8.39. The summed E-state index contributed by atoms with van der Waals surface area (Å²) in [5.41, 5.74) is 1.67. The van der Waals surface area contributed by atoms with Crippen molar-refractivity contribution < 1.29 is 19.1 Å². The van der Waals surface area contributed by atoms with Crippen LogP contribution in [0.3, 0.4) is 0 Å². The van der Waals surface area contributed by atoms with Crippen molar-refractivity contribution in [1.82, 2.24) is 5.32 Å². The van der Waals surface area contributed by atoms with Crippen molar-refractivity contribution in [3.8, 4) is 5.75 Å². The summed E-state index contributed by atoms with van der Waals surface area (Å²) in [6.07, 6.45) is 0. The number of ether oxygens (including phenoxy) is 1. The number of hydrogen-bond donors (Lipinski definition) is 1. The van der Waals surface area contributed by atoms with Crippen LogP contribution in [0.4, 0.5) is 10.5 Å². The molecule has 0 bridgehead atoms. The Morgan fingerprint density at radius 3 is 2.37 bits per heavy atom. The van der Waals surface area contributed by atoms with Crippen molar-refractivity contribution in [2.75, 3.05) is 12.0 Å². The molecule has 1 N–H and O–H groups in total. The van der Waals surface area contributed by atoms with E-state index in [0.29, 0.717) is 23.7 Å². The predicted molar refractivity (Wildman–Crippen MR) is 101 cm³/mol. The molecule has 1 aliphatic rings. The van der Waals surface area contributed by atoms with E-state index >= 15 is 0 Å². The molecule has 138 valence electrons. The number of carbonyl (C=O) groups excluding carboxylic acids is 3. The van der Waals surface area contributed by atoms with Crippen molar-refractivity contribution in [3.63, 3.8) is 0 Å². The number of carbonyl (C=O) groups is 3.